The van der Waals surface area contributed by atoms with E-state index in [1.54, 1.807) is 0 Å². The number of carbonyl (C=O) groups excluding carboxylic acids is 3. The monoisotopic (exact) mass is 648 g/mol. The molecular formula is C21H20F3IO10S. The van der Waals surface area contributed by atoms with Crippen LogP contribution in [-0.4, -0.2) is 67.2 Å². The molecule has 0 aliphatic carbocycles. The number of hydrogen-bond donors (Lipinski definition) is 1. The van der Waals surface area contributed by atoms with Crippen LogP contribution in [0.3, 0.4) is 0 Å². The predicted molar refractivity (Wildman–Crippen MR) is 123 cm³/mol. The predicted octanol–water partition coefficient (Wildman–Crippen LogP) is 2.84. The normalized spacial score (nSPS) is 24.2. The largest absolute Gasteiger partial charge is 0.456 e. The third-order valence-electron chi connectivity index (χ3n) is 5.43. The zero-order valence-corrected chi connectivity index (χ0v) is 21.5. The molecule has 2 saturated heterocycles. The van der Waals surface area contributed by atoms with Crippen LogP contribution in [-0.2, 0) is 33.9 Å². The molecule has 2 heterocycles. The Bertz CT molecular complexity index is 1180. The van der Waals surface area contributed by atoms with Crippen LogP contribution in [0.1, 0.15) is 30.1 Å². The molecule has 3 rings (SSSR count). The lowest BCUT2D eigenvalue weighted by atomic mass is 9.87. The van der Waals surface area contributed by atoms with Crippen molar-refractivity contribution in [3.05, 3.63) is 39.5 Å². The van der Waals surface area contributed by atoms with Crippen molar-refractivity contribution >= 4 is 50.6 Å². The highest BCUT2D eigenvalue weighted by atomic mass is 127. The van der Waals surface area contributed by atoms with Crippen LogP contribution in [0.5, 0.6) is 5.75 Å². The molecule has 2 fully saturated rings. The van der Waals surface area contributed by atoms with E-state index in [9.17, 15) is 36.0 Å². The highest BCUT2D eigenvalue weighted by molar-refractivity contribution is 14.1. The third-order valence-corrected chi connectivity index (χ3v) is 7.09. The minimum atomic E-state index is -5.22. The molecule has 1 aromatic carbocycles. The first-order chi connectivity index (χ1) is 16.5. The minimum Gasteiger partial charge on any atom is -0.456 e. The Balaban J connectivity index is 1.62. The molecule has 198 valence electrons. The van der Waals surface area contributed by atoms with Crippen LogP contribution in [0.15, 0.2) is 30.4 Å². The van der Waals surface area contributed by atoms with Crippen molar-refractivity contribution in [3.8, 4) is 5.75 Å². The summed E-state index contributed by atoms with van der Waals surface area (Å²) in [6.45, 7) is 4.93. The maximum absolute atomic E-state index is 13.0. The number of fused-ring (bicyclic) bond motifs is 2. The topological polar surface area (TPSA) is 142 Å². The van der Waals surface area contributed by atoms with Gasteiger partial charge in [-0.3, -0.25) is 9.35 Å². The zero-order chi connectivity index (χ0) is 27.0. The molecule has 1 N–H and O–H groups in total. The van der Waals surface area contributed by atoms with Gasteiger partial charge in [0.1, 0.15) is 17.6 Å². The second-order valence-electron chi connectivity index (χ2n) is 8.26. The lowest BCUT2D eigenvalue weighted by molar-refractivity contribution is -0.218. The maximum Gasteiger partial charge on any atom is 0.426 e. The number of benzene rings is 1. The van der Waals surface area contributed by atoms with E-state index in [0.29, 0.717) is 3.57 Å². The summed E-state index contributed by atoms with van der Waals surface area (Å²) < 4.78 is 90.6. The number of carbonyl (C=O) groups is 3. The first-order valence-electron chi connectivity index (χ1n) is 10.3. The van der Waals surface area contributed by atoms with Gasteiger partial charge in [0.25, 0.3) is 10.1 Å². The van der Waals surface area contributed by atoms with E-state index in [1.807, 2.05) is 22.6 Å². The molecule has 2 aliphatic rings. The van der Waals surface area contributed by atoms with Crippen molar-refractivity contribution in [1.82, 2.24) is 0 Å². The highest BCUT2D eigenvalue weighted by Crippen LogP contribution is 2.42. The molecule has 15 heteroatoms. The molecule has 5 atom stereocenters. The van der Waals surface area contributed by atoms with Crippen molar-refractivity contribution in [1.29, 1.82) is 0 Å². The average molecular weight is 648 g/mol. The van der Waals surface area contributed by atoms with Crippen LogP contribution < -0.4 is 4.74 Å². The van der Waals surface area contributed by atoms with Gasteiger partial charge in [-0.1, -0.05) is 6.58 Å². The fourth-order valence-corrected chi connectivity index (χ4v) is 4.92. The quantitative estimate of drug-likeness (QED) is 0.147. The SMILES string of the molecule is C=C(C)C(=O)Oc1ccc(I)c(C(=O)OC2CC3OC2CC3C(=O)OC(CS(=O)(=O)O)C(F)(F)F)c1. The molecule has 36 heavy (non-hydrogen) atoms. The second-order valence-corrected chi connectivity index (χ2v) is 10.9. The summed E-state index contributed by atoms with van der Waals surface area (Å²) in [5.74, 6) is -5.66. The van der Waals surface area contributed by atoms with E-state index in [1.165, 1.54) is 25.1 Å². The second kappa shape index (κ2) is 10.6. The van der Waals surface area contributed by atoms with Crippen molar-refractivity contribution in [2.24, 2.45) is 5.92 Å². The highest BCUT2D eigenvalue weighted by Gasteiger charge is 2.54. The molecule has 0 spiro atoms. The smallest absolute Gasteiger partial charge is 0.426 e. The lowest BCUT2D eigenvalue weighted by Gasteiger charge is -2.26. The van der Waals surface area contributed by atoms with E-state index in [0.717, 1.165) is 0 Å². The van der Waals surface area contributed by atoms with Crippen molar-refractivity contribution in [2.45, 2.75) is 50.4 Å². The summed E-state index contributed by atoms with van der Waals surface area (Å²) in [6, 6.07) is 4.32. The first-order valence-corrected chi connectivity index (χ1v) is 13.0. The van der Waals surface area contributed by atoms with Gasteiger partial charge in [-0.25, -0.2) is 9.59 Å². The summed E-state index contributed by atoms with van der Waals surface area (Å²) in [5.41, 5.74) is 0.254. The van der Waals surface area contributed by atoms with Crippen LogP contribution >= 0.6 is 22.6 Å². The number of rotatable bonds is 8. The van der Waals surface area contributed by atoms with Crippen molar-refractivity contribution in [2.75, 3.05) is 5.75 Å². The Morgan fingerprint density at radius 3 is 2.44 bits per heavy atom. The number of alkyl halides is 3. The summed E-state index contributed by atoms with van der Waals surface area (Å²) in [5, 5.41) is 0. The minimum absolute atomic E-state index is 0.00787. The average Bonchev–Trinajstić information content (AvgIpc) is 3.33. The Morgan fingerprint density at radius 2 is 1.92 bits per heavy atom. The molecule has 0 amide bonds. The third kappa shape index (κ3) is 6.95. The van der Waals surface area contributed by atoms with Gasteiger partial charge in [0.2, 0.25) is 6.10 Å². The first kappa shape index (κ1) is 28.3. The Hall–Kier alpha value is -2.24. The van der Waals surface area contributed by atoms with E-state index in [-0.39, 0.29) is 29.7 Å². The molecule has 5 unspecified atom stereocenters. The van der Waals surface area contributed by atoms with Crippen molar-refractivity contribution < 1.29 is 59.5 Å². The van der Waals surface area contributed by atoms with Gasteiger partial charge in [-0.2, -0.15) is 21.6 Å². The Morgan fingerprint density at radius 1 is 1.25 bits per heavy atom. The molecule has 0 saturated carbocycles. The standard InChI is InChI=1S/C21H20F3IO10S/c1-9(2)18(26)32-10-3-4-13(25)11(5-10)19(27)34-16-7-14-12(6-15(16)33-14)20(28)35-17(21(22,23)24)8-36(29,30)31/h3-5,12,14-17H,1,6-8H2,2H3,(H,29,30,31). The summed E-state index contributed by atoms with van der Waals surface area (Å²) in [6.07, 6.45) is -10.9. The van der Waals surface area contributed by atoms with Crippen LogP contribution in [0.2, 0.25) is 0 Å². The zero-order valence-electron chi connectivity index (χ0n) is 18.5. The molecule has 0 aromatic heterocycles. The molecule has 2 aliphatic heterocycles. The Labute approximate surface area is 217 Å². The van der Waals surface area contributed by atoms with Gasteiger partial charge in [-0.15, -0.1) is 0 Å². The van der Waals surface area contributed by atoms with Gasteiger partial charge in [-0.05, 0) is 54.1 Å². The lowest BCUT2D eigenvalue weighted by Crippen LogP contribution is -2.43. The van der Waals surface area contributed by atoms with E-state index in [2.05, 4.69) is 11.3 Å². The number of halogens is 4. The molecule has 0 radical (unpaired) electrons. The Kier molecular flexibility index (Phi) is 8.36. The maximum atomic E-state index is 13.0. The molecule has 10 nitrogen and oxygen atoms in total. The van der Waals surface area contributed by atoms with Crippen LogP contribution in [0.4, 0.5) is 13.2 Å². The number of esters is 3. The van der Waals surface area contributed by atoms with Crippen molar-refractivity contribution in [3.63, 3.8) is 0 Å². The fourth-order valence-electron chi connectivity index (χ4n) is 3.72. The molecular weight excluding hydrogens is 628 g/mol. The number of ether oxygens (including phenoxy) is 4. The van der Waals surface area contributed by atoms with Gasteiger partial charge in [0, 0.05) is 15.6 Å². The fraction of sp³-hybridized carbons (Fsp3) is 0.476. The van der Waals surface area contributed by atoms with E-state index < -0.39 is 70.3 Å². The summed E-state index contributed by atoms with van der Waals surface area (Å²) in [4.78, 5) is 36.8. The number of hydrogen-bond acceptors (Lipinski definition) is 9. The summed E-state index contributed by atoms with van der Waals surface area (Å²) in [7, 11) is -5.07. The van der Waals surface area contributed by atoms with E-state index >= 15 is 0 Å². The molecule has 1 aromatic rings. The van der Waals surface area contributed by atoms with Gasteiger partial charge >= 0.3 is 24.1 Å². The van der Waals surface area contributed by atoms with Gasteiger partial charge in [0.05, 0.1) is 23.7 Å². The van der Waals surface area contributed by atoms with E-state index in [4.69, 9.17) is 18.8 Å². The van der Waals surface area contributed by atoms with Crippen LogP contribution in [0, 0.1) is 9.49 Å². The van der Waals surface area contributed by atoms with Gasteiger partial charge < -0.3 is 18.9 Å². The molecule has 2 bridgehead atoms. The summed E-state index contributed by atoms with van der Waals surface area (Å²) >= 11 is 1.88. The van der Waals surface area contributed by atoms with Gasteiger partial charge in [0.15, 0.2) is 0 Å². The van der Waals surface area contributed by atoms with Crippen LogP contribution in [0.25, 0.3) is 0 Å².